The number of amides is 2. The van der Waals surface area contributed by atoms with E-state index in [1.54, 1.807) is 0 Å². The molecule has 1 saturated carbocycles. The molecule has 0 radical (unpaired) electrons. The number of methoxy groups -OCH3 is 1. The number of carbonyl (C=O) groups is 3. The van der Waals surface area contributed by atoms with Crippen LogP contribution < -0.4 is 5.32 Å². The van der Waals surface area contributed by atoms with Crippen LogP contribution in [0.5, 0.6) is 0 Å². The van der Waals surface area contributed by atoms with Gasteiger partial charge < -0.3 is 10.1 Å². The Hall–Kier alpha value is -1.43. The van der Waals surface area contributed by atoms with Crippen LogP contribution in [0.2, 0.25) is 0 Å². The highest BCUT2D eigenvalue weighted by Gasteiger charge is 2.70. The average molecular weight is 266 g/mol. The summed E-state index contributed by atoms with van der Waals surface area (Å²) >= 11 is 0. The Kier molecular flexibility index (Phi) is 3.05. The van der Waals surface area contributed by atoms with Crippen molar-refractivity contribution < 1.29 is 19.1 Å². The first-order valence-corrected chi connectivity index (χ1v) is 6.79. The number of hydrogen-bond donors (Lipinski definition) is 1. The number of rotatable bonds is 3. The predicted molar refractivity (Wildman–Crippen MR) is 64.8 cm³/mol. The number of nitrogens with one attached hydrogen (secondary N) is 1. The topological polar surface area (TPSA) is 75.7 Å². The zero-order valence-corrected chi connectivity index (χ0v) is 10.9. The molecule has 104 valence electrons. The molecule has 19 heavy (non-hydrogen) atoms. The molecule has 3 fully saturated rings. The summed E-state index contributed by atoms with van der Waals surface area (Å²) in [7, 11) is 1.29. The van der Waals surface area contributed by atoms with Crippen molar-refractivity contribution in [3.05, 3.63) is 0 Å². The number of fused-ring (bicyclic) bond motifs is 1. The van der Waals surface area contributed by atoms with Gasteiger partial charge in [-0.05, 0) is 31.8 Å². The molecule has 2 unspecified atom stereocenters. The molecule has 2 amide bonds. The van der Waals surface area contributed by atoms with Crippen LogP contribution in [0.4, 0.5) is 0 Å². The van der Waals surface area contributed by atoms with Crippen molar-refractivity contribution in [1.82, 2.24) is 10.2 Å². The van der Waals surface area contributed by atoms with E-state index in [9.17, 15) is 14.4 Å². The lowest BCUT2D eigenvalue weighted by molar-refractivity contribution is -0.150. The van der Waals surface area contributed by atoms with E-state index in [1.807, 2.05) is 0 Å². The third kappa shape index (κ3) is 1.94. The molecule has 0 aromatic carbocycles. The van der Waals surface area contributed by atoms with Gasteiger partial charge in [-0.15, -0.1) is 0 Å². The summed E-state index contributed by atoms with van der Waals surface area (Å²) in [5, 5.41) is 3.26. The van der Waals surface area contributed by atoms with Crippen molar-refractivity contribution in [1.29, 1.82) is 0 Å². The molecular weight excluding hydrogens is 248 g/mol. The minimum absolute atomic E-state index is 0.177. The number of ether oxygens (including phenoxy) is 1. The molecule has 2 saturated heterocycles. The summed E-state index contributed by atoms with van der Waals surface area (Å²) in [6, 6.07) is 0. The smallest absolute Gasteiger partial charge is 0.310 e. The van der Waals surface area contributed by atoms with Crippen molar-refractivity contribution in [2.45, 2.75) is 12.8 Å². The Labute approximate surface area is 111 Å². The van der Waals surface area contributed by atoms with E-state index in [1.165, 1.54) is 12.0 Å². The summed E-state index contributed by atoms with van der Waals surface area (Å²) in [5.41, 5.74) is 0. The summed E-state index contributed by atoms with van der Waals surface area (Å²) < 4.78 is 4.62. The molecule has 1 N–H and O–H groups in total. The lowest BCUT2D eigenvalue weighted by atomic mass is 9.97. The van der Waals surface area contributed by atoms with Crippen LogP contribution in [0.25, 0.3) is 0 Å². The lowest BCUT2D eigenvalue weighted by Crippen LogP contribution is -2.42. The first kappa shape index (κ1) is 12.6. The van der Waals surface area contributed by atoms with Gasteiger partial charge in [-0.2, -0.15) is 0 Å². The Morgan fingerprint density at radius 2 is 1.84 bits per heavy atom. The van der Waals surface area contributed by atoms with Gasteiger partial charge in [0.1, 0.15) is 0 Å². The van der Waals surface area contributed by atoms with Gasteiger partial charge in [0.2, 0.25) is 11.8 Å². The van der Waals surface area contributed by atoms with E-state index in [2.05, 4.69) is 10.1 Å². The van der Waals surface area contributed by atoms with Crippen LogP contribution in [-0.2, 0) is 19.1 Å². The quantitative estimate of drug-likeness (QED) is 0.545. The first-order chi connectivity index (χ1) is 9.15. The maximum atomic E-state index is 12.1. The van der Waals surface area contributed by atoms with Crippen LogP contribution in [0.1, 0.15) is 12.8 Å². The van der Waals surface area contributed by atoms with Crippen molar-refractivity contribution in [2.75, 3.05) is 26.7 Å². The molecule has 0 aromatic heterocycles. The zero-order chi connectivity index (χ0) is 13.6. The highest BCUT2D eigenvalue weighted by molar-refractivity contribution is 6.13. The van der Waals surface area contributed by atoms with Crippen LogP contribution in [0.15, 0.2) is 0 Å². The fraction of sp³-hybridized carbons (Fsp3) is 0.769. The molecule has 2 heterocycles. The monoisotopic (exact) mass is 266 g/mol. The second-order valence-corrected chi connectivity index (χ2v) is 5.58. The molecule has 0 bridgehead atoms. The van der Waals surface area contributed by atoms with Gasteiger partial charge in [0.15, 0.2) is 0 Å². The highest BCUT2D eigenvalue weighted by Crippen LogP contribution is 2.54. The summed E-state index contributed by atoms with van der Waals surface area (Å²) in [6.07, 6.45) is 1.99. The number of likely N-dealkylation sites (tertiary alicyclic amines) is 1. The van der Waals surface area contributed by atoms with Crippen molar-refractivity contribution in [3.8, 4) is 0 Å². The molecule has 0 spiro atoms. The second kappa shape index (κ2) is 4.59. The van der Waals surface area contributed by atoms with Crippen molar-refractivity contribution in [3.63, 3.8) is 0 Å². The van der Waals surface area contributed by atoms with E-state index in [0.29, 0.717) is 12.5 Å². The first-order valence-electron chi connectivity index (χ1n) is 6.79. The summed E-state index contributed by atoms with van der Waals surface area (Å²) in [4.78, 5) is 37.1. The number of nitrogens with zero attached hydrogens (tertiary/aromatic N) is 1. The minimum Gasteiger partial charge on any atom is -0.469 e. The molecule has 6 nitrogen and oxygen atoms in total. The van der Waals surface area contributed by atoms with Gasteiger partial charge in [-0.1, -0.05) is 0 Å². The van der Waals surface area contributed by atoms with E-state index in [4.69, 9.17) is 0 Å². The molecule has 2 atom stereocenters. The number of esters is 1. The number of imide groups is 1. The van der Waals surface area contributed by atoms with Crippen LogP contribution in [-0.4, -0.2) is 49.4 Å². The SMILES string of the molecule is COC(=O)C1C2C(=O)N(CC3CCNCC3)C(=O)C12. The van der Waals surface area contributed by atoms with Crippen molar-refractivity contribution in [2.24, 2.45) is 23.7 Å². The van der Waals surface area contributed by atoms with Gasteiger partial charge in [0.05, 0.1) is 24.9 Å². The van der Waals surface area contributed by atoms with Crippen LogP contribution in [0.3, 0.4) is 0 Å². The second-order valence-electron chi connectivity index (χ2n) is 5.58. The third-order valence-electron chi connectivity index (χ3n) is 4.50. The van der Waals surface area contributed by atoms with Gasteiger partial charge >= 0.3 is 5.97 Å². The molecule has 3 rings (SSSR count). The largest absolute Gasteiger partial charge is 0.469 e. The van der Waals surface area contributed by atoms with Gasteiger partial charge in [0.25, 0.3) is 0 Å². The maximum absolute atomic E-state index is 12.1. The minimum atomic E-state index is -0.519. The lowest BCUT2D eigenvalue weighted by Gasteiger charge is -2.27. The maximum Gasteiger partial charge on any atom is 0.310 e. The van der Waals surface area contributed by atoms with Gasteiger partial charge in [0, 0.05) is 6.54 Å². The number of carbonyl (C=O) groups excluding carboxylic acids is 3. The highest BCUT2D eigenvalue weighted by atomic mass is 16.5. The molecule has 3 aliphatic rings. The van der Waals surface area contributed by atoms with Gasteiger partial charge in [-0.3, -0.25) is 19.3 Å². The zero-order valence-electron chi connectivity index (χ0n) is 10.9. The van der Waals surface area contributed by atoms with E-state index in [-0.39, 0.29) is 11.8 Å². The molecule has 1 aliphatic carbocycles. The fourth-order valence-corrected chi connectivity index (χ4v) is 3.33. The molecular formula is C13H18N2O4. The van der Waals surface area contributed by atoms with Crippen LogP contribution in [0, 0.1) is 23.7 Å². The Bertz CT molecular complexity index is 408. The summed E-state index contributed by atoms with van der Waals surface area (Å²) in [5.74, 6) is -1.80. The standard InChI is InChI=1S/C13H18N2O4/c1-19-13(18)10-8-9(10)12(17)15(11(8)16)6-7-2-4-14-5-3-7/h7-10,14H,2-6H2,1H3. The molecule has 2 aliphatic heterocycles. The number of piperidine rings is 2. The van der Waals surface area contributed by atoms with Crippen LogP contribution >= 0.6 is 0 Å². The van der Waals surface area contributed by atoms with Gasteiger partial charge in [-0.25, -0.2) is 0 Å². The van der Waals surface area contributed by atoms with Crippen molar-refractivity contribution >= 4 is 17.8 Å². The Morgan fingerprint density at radius 1 is 1.26 bits per heavy atom. The molecule has 0 aromatic rings. The predicted octanol–water partition coefficient (Wildman–Crippen LogP) is -0.610. The average Bonchev–Trinajstić information content (AvgIpc) is 3.13. The third-order valence-corrected chi connectivity index (χ3v) is 4.50. The normalized spacial score (nSPS) is 34.4. The fourth-order valence-electron chi connectivity index (χ4n) is 3.33. The Morgan fingerprint density at radius 3 is 2.37 bits per heavy atom. The summed E-state index contributed by atoms with van der Waals surface area (Å²) in [6.45, 7) is 2.40. The number of hydrogen-bond acceptors (Lipinski definition) is 5. The van der Waals surface area contributed by atoms with E-state index < -0.39 is 23.7 Å². The van der Waals surface area contributed by atoms with E-state index in [0.717, 1.165) is 25.9 Å². The van der Waals surface area contributed by atoms with E-state index >= 15 is 0 Å². The molecule has 6 heteroatoms. The Balaban J connectivity index is 1.63.